The fourth-order valence-corrected chi connectivity index (χ4v) is 3.57. The van der Waals surface area contributed by atoms with Gasteiger partial charge in [0.2, 0.25) is 0 Å². The molecule has 2 heterocycles. The molecular formula is C21H20N2O3. The number of benzene rings is 2. The molecule has 5 heteroatoms. The maximum Gasteiger partial charge on any atom is 0.271 e. The van der Waals surface area contributed by atoms with Crippen LogP contribution in [0, 0.1) is 0 Å². The number of pyridine rings is 1. The molecule has 0 saturated carbocycles. The first kappa shape index (κ1) is 16.4. The lowest BCUT2D eigenvalue weighted by Crippen LogP contribution is -2.30. The summed E-state index contributed by atoms with van der Waals surface area (Å²) in [5, 5.41) is 1.36. The molecule has 0 atom stereocenters. The van der Waals surface area contributed by atoms with Crippen LogP contribution in [0.15, 0.2) is 53.3 Å². The minimum Gasteiger partial charge on any atom is -0.497 e. The highest BCUT2D eigenvalue weighted by Gasteiger charge is 2.25. The van der Waals surface area contributed by atoms with Gasteiger partial charge < -0.3 is 14.6 Å². The minimum absolute atomic E-state index is 0.115. The fourth-order valence-electron chi connectivity index (χ4n) is 3.57. The number of fused-ring (bicyclic) bond motifs is 1. The smallest absolute Gasteiger partial charge is 0.271 e. The second-order valence-corrected chi connectivity index (χ2v) is 6.48. The van der Waals surface area contributed by atoms with Crippen LogP contribution in [0.25, 0.3) is 21.9 Å². The van der Waals surface area contributed by atoms with Gasteiger partial charge in [0, 0.05) is 24.0 Å². The molecule has 1 saturated heterocycles. The van der Waals surface area contributed by atoms with Gasteiger partial charge in [-0.15, -0.1) is 0 Å². The molecule has 4 rings (SSSR count). The fraction of sp³-hybridized carbons (Fsp3) is 0.238. The molecule has 0 bridgehead atoms. The minimum atomic E-state index is -0.236. The van der Waals surface area contributed by atoms with Crippen molar-refractivity contribution in [2.45, 2.75) is 12.8 Å². The van der Waals surface area contributed by atoms with Gasteiger partial charge in [-0.1, -0.05) is 30.3 Å². The monoisotopic (exact) mass is 348 g/mol. The van der Waals surface area contributed by atoms with Gasteiger partial charge in [-0.2, -0.15) is 0 Å². The van der Waals surface area contributed by atoms with Crippen LogP contribution in [0.2, 0.25) is 0 Å². The summed E-state index contributed by atoms with van der Waals surface area (Å²) in [5.74, 6) is 0.631. The highest BCUT2D eigenvalue weighted by atomic mass is 16.5. The lowest BCUT2D eigenvalue weighted by Gasteiger charge is -2.19. The Hall–Kier alpha value is -3.08. The molecule has 1 aliphatic heterocycles. The van der Waals surface area contributed by atoms with Crippen molar-refractivity contribution in [1.29, 1.82) is 0 Å². The van der Waals surface area contributed by atoms with E-state index < -0.39 is 0 Å². The van der Waals surface area contributed by atoms with Gasteiger partial charge in [0.1, 0.15) is 11.4 Å². The van der Waals surface area contributed by atoms with E-state index in [9.17, 15) is 9.59 Å². The second kappa shape index (κ2) is 6.67. The number of methoxy groups -OCH3 is 1. The van der Waals surface area contributed by atoms with Gasteiger partial charge in [-0.05, 0) is 42.0 Å². The van der Waals surface area contributed by atoms with Crippen molar-refractivity contribution >= 4 is 16.7 Å². The zero-order valence-electron chi connectivity index (χ0n) is 14.6. The summed E-state index contributed by atoms with van der Waals surface area (Å²) in [6.45, 7) is 1.46. The van der Waals surface area contributed by atoms with E-state index in [1.807, 2.05) is 47.4 Å². The van der Waals surface area contributed by atoms with E-state index in [1.165, 1.54) is 0 Å². The number of H-pyrrole nitrogens is 1. The molecule has 0 spiro atoms. The molecule has 0 unspecified atom stereocenters. The number of carbonyl (C=O) groups is 1. The quantitative estimate of drug-likeness (QED) is 0.789. The van der Waals surface area contributed by atoms with Crippen LogP contribution < -0.4 is 10.3 Å². The number of nitrogens with zero attached hydrogens (tertiary/aromatic N) is 1. The van der Waals surface area contributed by atoms with Crippen LogP contribution in [0.5, 0.6) is 5.75 Å². The zero-order valence-corrected chi connectivity index (χ0v) is 14.6. The van der Waals surface area contributed by atoms with E-state index in [0.29, 0.717) is 11.1 Å². The largest absolute Gasteiger partial charge is 0.497 e. The van der Waals surface area contributed by atoms with Crippen molar-refractivity contribution in [1.82, 2.24) is 9.88 Å². The predicted octanol–water partition coefficient (Wildman–Crippen LogP) is 3.44. The molecule has 132 valence electrons. The molecule has 1 amide bonds. The maximum absolute atomic E-state index is 13.1. The number of nitrogens with one attached hydrogen (secondary N) is 1. The van der Waals surface area contributed by atoms with Crippen LogP contribution >= 0.6 is 0 Å². The Morgan fingerprint density at radius 3 is 2.31 bits per heavy atom. The second-order valence-electron chi connectivity index (χ2n) is 6.48. The summed E-state index contributed by atoms with van der Waals surface area (Å²) < 4.78 is 5.24. The third-order valence-corrected chi connectivity index (χ3v) is 4.92. The Balaban J connectivity index is 1.97. The van der Waals surface area contributed by atoms with Crippen molar-refractivity contribution in [3.8, 4) is 16.9 Å². The first-order chi connectivity index (χ1) is 12.7. The Kier molecular flexibility index (Phi) is 4.21. The molecule has 1 aromatic heterocycles. The van der Waals surface area contributed by atoms with Crippen molar-refractivity contribution in [3.05, 3.63) is 64.6 Å². The number of ether oxygens (including phenoxy) is 1. The van der Waals surface area contributed by atoms with E-state index in [1.54, 1.807) is 13.2 Å². The number of hydrogen-bond acceptors (Lipinski definition) is 3. The summed E-state index contributed by atoms with van der Waals surface area (Å²) in [6, 6.07) is 14.9. The number of carbonyl (C=O) groups excluding carboxylic acids is 1. The molecule has 26 heavy (non-hydrogen) atoms. The average Bonchev–Trinajstić information content (AvgIpc) is 3.22. The van der Waals surface area contributed by atoms with Gasteiger partial charge in [0.05, 0.1) is 7.11 Å². The van der Waals surface area contributed by atoms with Crippen LogP contribution in [0.4, 0.5) is 0 Å². The summed E-state index contributed by atoms with van der Waals surface area (Å²) in [4.78, 5) is 30.3. The molecule has 5 nitrogen and oxygen atoms in total. The summed E-state index contributed by atoms with van der Waals surface area (Å²) >= 11 is 0. The molecule has 0 radical (unpaired) electrons. The van der Waals surface area contributed by atoms with Crippen LogP contribution in [0.3, 0.4) is 0 Å². The summed E-state index contributed by atoms with van der Waals surface area (Å²) in [6.07, 6.45) is 2.00. The first-order valence-electron chi connectivity index (χ1n) is 8.78. The van der Waals surface area contributed by atoms with Crippen LogP contribution in [-0.2, 0) is 0 Å². The normalized spacial score (nSPS) is 14.0. The third kappa shape index (κ3) is 2.75. The topological polar surface area (TPSA) is 62.4 Å². The van der Waals surface area contributed by atoms with E-state index in [2.05, 4.69) is 4.98 Å². The van der Waals surface area contributed by atoms with Crippen LogP contribution in [-0.4, -0.2) is 36.0 Å². The highest BCUT2D eigenvalue weighted by molar-refractivity contribution is 6.08. The predicted molar refractivity (Wildman–Crippen MR) is 102 cm³/mol. The van der Waals surface area contributed by atoms with Crippen molar-refractivity contribution in [3.63, 3.8) is 0 Å². The summed E-state index contributed by atoms with van der Waals surface area (Å²) in [5.41, 5.74) is 1.77. The molecule has 1 aliphatic rings. The lowest BCUT2D eigenvalue weighted by molar-refractivity contribution is 0.0788. The molecule has 1 fully saturated rings. The van der Waals surface area contributed by atoms with Gasteiger partial charge in [0.15, 0.2) is 0 Å². The van der Waals surface area contributed by atoms with Gasteiger partial charge >= 0.3 is 0 Å². The Bertz CT molecular complexity index is 1020. The number of amides is 1. The number of aromatic amines is 1. The standard InChI is InChI=1S/C21H20N2O3/c1-26-15-10-8-14(9-11-15)18-16-6-2-3-7-17(16)20(24)22-19(18)21(25)23-12-4-5-13-23/h2-3,6-11H,4-5,12-13H2,1H3,(H,22,24). The number of rotatable bonds is 3. The van der Waals surface area contributed by atoms with Crippen LogP contribution in [0.1, 0.15) is 23.3 Å². The van der Waals surface area contributed by atoms with E-state index in [-0.39, 0.29) is 11.5 Å². The lowest BCUT2D eigenvalue weighted by atomic mass is 9.96. The van der Waals surface area contributed by atoms with Crippen molar-refractivity contribution in [2.75, 3.05) is 20.2 Å². The highest BCUT2D eigenvalue weighted by Crippen LogP contribution is 2.31. The molecular weight excluding hydrogens is 328 g/mol. The third-order valence-electron chi connectivity index (χ3n) is 4.92. The van der Waals surface area contributed by atoms with Gasteiger partial charge in [-0.25, -0.2) is 0 Å². The molecule has 1 N–H and O–H groups in total. The van der Waals surface area contributed by atoms with E-state index in [0.717, 1.165) is 48.2 Å². The van der Waals surface area contributed by atoms with Crippen molar-refractivity contribution < 1.29 is 9.53 Å². The number of aromatic nitrogens is 1. The average molecular weight is 348 g/mol. The Labute approximate surface area is 151 Å². The number of hydrogen-bond donors (Lipinski definition) is 1. The van der Waals surface area contributed by atoms with Crippen molar-refractivity contribution in [2.24, 2.45) is 0 Å². The molecule has 2 aromatic carbocycles. The van der Waals surface area contributed by atoms with Gasteiger partial charge in [0.25, 0.3) is 11.5 Å². The van der Waals surface area contributed by atoms with E-state index in [4.69, 9.17) is 4.74 Å². The Morgan fingerprint density at radius 1 is 1.00 bits per heavy atom. The summed E-state index contributed by atoms with van der Waals surface area (Å²) in [7, 11) is 1.62. The molecule has 3 aromatic rings. The number of likely N-dealkylation sites (tertiary alicyclic amines) is 1. The van der Waals surface area contributed by atoms with Gasteiger partial charge in [-0.3, -0.25) is 9.59 Å². The zero-order chi connectivity index (χ0) is 18.1. The Morgan fingerprint density at radius 2 is 1.65 bits per heavy atom. The molecule has 0 aliphatic carbocycles. The first-order valence-corrected chi connectivity index (χ1v) is 8.78. The SMILES string of the molecule is COc1ccc(-c2c(C(=O)N3CCCC3)[nH]c(=O)c3ccccc23)cc1. The van der Waals surface area contributed by atoms with E-state index >= 15 is 0 Å². The maximum atomic E-state index is 13.1.